The molecule has 1 atom stereocenters. The van der Waals surface area contributed by atoms with Gasteiger partial charge in [-0.25, -0.2) is 9.59 Å². The van der Waals surface area contributed by atoms with Crippen molar-refractivity contribution < 1.29 is 23.9 Å². The minimum atomic E-state index is -0.686. The van der Waals surface area contributed by atoms with Gasteiger partial charge >= 0.3 is 12.0 Å². The molecule has 9 nitrogen and oxygen atoms in total. The van der Waals surface area contributed by atoms with Crippen molar-refractivity contribution in [2.75, 3.05) is 28.7 Å². The molecule has 1 aliphatic heterocycles. The Labute approximate surface area is 253 Å². The number of hydrogen-bond acceptors (Lipinski definition) is 5. The van der Waals surface area contributed by atoms with Crippen LogP contribution in [0.3, 0.4) is 0 Å². The lowest BCUT2D eigenvalue weighted by molar-refractivity contribution is -0.127. The van der Waals surface area contributed by atoms with Gasteiger partial charge in [-0.2, -0.15) is 0 Å². The highest BCUT2D eigenvalue weighted by molar-refractivity contribution is 6.01. The first-order valence-electron chi connectivity index (χ1n) is 14.8. The summed E-state index contributed by atoms with van der Waals surface area (Å²) in [6, 6.07) is 18.8. The molecule has 9 heteroatoms. The second-order valence-corrected chi connectivity index (χ2v) is 11.2. The van der Waals surface area contributed by atoms with Crippen LogP contribution < -0.4 is 20.9 Å². The van der Waals surface area contributed by atoms with Gasteiger partial charge in [0.1, 0.15) is 6.04 Å². The molecule has 0 aromatic heterocycles. The molecular weight excluding hydrogens is 544 g/mol. The average molecular weight is 585 g/mol. The van der Waals surface area contributed by atoms with Crippen LogP contribution in [0.4, 0.5) is 21.9 Å². The summed E-state index contributed by atoms with van der Waals surface area (Å²) in [7, 11) is 0. The minimum Gasteiger partial charge on any atom is -0.462 e. The van der Waals surface area contributed by atoms with E-state index in [-0.39, 0.29) is 36.2 Å². The lowest BCUT2D eigenvalue weighted by Gasteiger charge is -2.33. The normalized spacial score (nSPS) is 13.1. The van der Waals surface area contributed by atoms with E-state index in [0.29, 0.717) is 30.8 Å². The molecule has 4 amide bonds. The standard InChI is InChI=1S/C34H40N4O5/c1-5-43-33(41)26-14-17-30-25(21-26)10-8-18-38(30)32(40)29(19-22(2)3)36-31(39)20-24-12-15-27(16-13-24)35-34(42)37-28-11-7-6-9-23(28)4/h6-7,9,11-17,21-22,29H,5,8,10,18-20H2,1-4H3,(H,36,39)(H2,35,37,42)/t29-/m0/s1. The smallest absolute Gasteiger partial charge is 0.338 e. The van der Waals surface area contributed by atoms with Gasteiger partial charge in [0, 0.05) is 23.6 Å². The van der Waals surface area contributed by atoms with Gasteiger partial charge < -0.3 is 25.6 Å². The van der Waals surface area contributed by atoms with Crippen molar-refractivity contribution in [1.82, 2.24) is 5.32 Å². The van der Waals surface area contributed by atoms with Crippen molar-refractivity contribution in [3.8, 4) is 0 Å². The maximum Gasteiger partial charge on any atom is 0.338 e. The molecule has 0 radical (unpaired) electrons. The number of carbonyl (C=O) groups excluding carboxylic acids is 4. The van der Waals surface area contributed by atoms with Crippen molar-refractivity contribution in [1.29, 1.82) is 0 Å². The molecular formula is C34H40N4O5. The van der Waals surface area contributed by atoms with Gasteiger partial charge in [-0.15, -0.1) is 0 Å². The Morgan fingerprint density at radius 1 is 0.953 bits per heavy atom. The molecule has 0 bridgehead atoms. The van der Waals surface area contributed by atoms with Crippen molar-refractivity contribution in [3.63, 3.8) is 0 Å². The Morgan fingerprint density at radius 2 is 1.70 bits per heavy atom. The fourth-order valence-electron chi connectivity index (χ4n) is 5.18. The van der Waals surface area contributed by atoms with E-state index in [1.807, 2.05) is 45.0 Å². The Balaban J connectivity index is 1.38. The maximum absolute atomic E-state index is 13.8. The van der Waals surface area contributed by atoms with E-state index < -0.39 is 6.04 Å². The van der Waals surface area contributed by atoms with Crippen LogP contribution in [0.2, 0.25) is 0 Å². The number of anilines is 3. The quantitative estimate of drug-likeness (QED) is 0.258. The molecule has 43 heavy (non-hydrogen) atoms. The summed E-state index contributed by atoms with van der Waals surface area (Å²) < 4.78 is 5.13. The lowest BCUT2D eigenvalue weighted by atomic mass is 9.96. The van der Waals surface area contributed by atoms with E-state index in [4.69, 9.17) is 4.74 Å². The Kier molecular flexibility index (Phi) is 10.5. The van der Waals surface area contributed by atoms with Crippen LogP contribution in [0.5, 0.6) is 0 Å². The SMILES string of the molecule is CCOC(=O)c1ccc2c(c1)CCCN2C(=O)[C@H](CC(C)C)NC(=O)Cc1ccc(NC(=O)Nc2ccccc2C)cc1. The Morgan fingerprint density at radius 3 is 2.40 bits per heavy atom. The summed E-state index contributed by atoms with van der Waals surface area (Å²) in [5.41, 5.74) is 5.19. The number of benzene rings is 3. The Bertz CT molecular complexity index is 1470. The monoisotopic (exact) mass is 584 g/mol. The molecule has 1 aliphatic rings. The number of aryl methyl sites for hydroxylation is 2. The summed E-state index contributed by atoms with van der Waals surface area (Å²) in [5.74, 6) is -0.619. The van der Waals surface area contributed by atoms with Crippen molar-refractivity contribution >= 4 is 40.9 Å². The zero-order valence-corrected chi connectivity index (χ0v) is 25.2. The number of nitrogens with zero attached hydrogens (tertiary/aromatic N) is 1. The molecule has 3 aromatic rings. The molecule has 0 saturated carbocycles. The first-order valence-corrected chi connectivity index (χ1v) is 14.8. The fourth-order valence-corrected chi connectivity index (χ4v) is 5.18. The number of amides is 4. The van der Waals surface area contributed by atoms with Crippen LogP contribution >= 0.6 is 0 Å². The lowest BCUT2D eigenvalue weighted by Crippen LogP contribution is -2.51. The topological polar surface area (TPSA) is 117 Å². The zero-order chi connectivity index (χ0) is 30.9. The van der Waals surface area contributed by atoms with Gasteiger partial charge in [0.2, 0.25) is 11.8 Å². The largest absolute Gasteiger partial charge is 0.462 e. The molecule has 4 rings (SSSR count). The molecule has 0 aliphatic carbocycles. The van der Waals surface area contributed by atoms with Crippen LogP contribution in [0, 0.1) is 12.8 Å². The first-order chi connectivity index (χ1) is 20.6. The molecule has 3 aromatic carbocycles. The number of carbonyl (C=O) groups is 4. The molecule has 0 spiro atoms. The van der Waals surface area contributed by atoms with Crippen molar-refractivity contribution in [2.45, 2.75) is 59.4 Å². The van der Waals surface area contributed by atoms with Gasteiger partial charge in [-0.1, -0.05) is 44.2 Å². The van der Waals surface area contributed by atoms with E-state index in [9.17, 15) is 19.2 Å². The number of hydrogen-bond donors (Lipinski definition) is 3. The van der Waals surface area contributed by atoms with Crippen molar-refractivity contribution in [3.05, 3.63) is 89.0 Å². The number of fused-ring (bicyclic) bond motifs is 1. The van der Waals surface area contributed by atoms with Gasteiger partial charge in [0.05, 0.1) is 18.6 Å². The number of rotatable bonds is 10. The fraction of sp³-hybridized carbons (Fsp3) is 0.353. The highest BCUT2D eigenvalue weighted by atomic mass is 16.5. The predicted octanol–water partition coefficient (Wildman–Crippen LogP) is 5.87. The summed E-state index contributed by atoms with van der Waals surface area (Å²) in [6.45, 7) is 8.56. The van der Waals surface area contributed by atoms with Crippen molar-refractivity contribution in [2.24, 2.45) is 5.92 Å². The molecule has 0 unspecified atom stereocenters. The van der Waals surface area contributed by atoms with Gasteiger partial charge in [0.15, 0.2) is 0 Å². The number of esters is 1. The molecule has 226 valence electrons. The Hall–Kier alpha value is -4.66. The minimum absolute atomic E-state index is 0.0943. The molecule has 0 saturated heterocycles. The first kappa shape index (κ1) is 31.3. The van der Waals surface area contributed by atoms with Gasteiger partial charge in [-0.3, -0.25) is 9.59 Å². The number of nitrogens with one attached hydrogen (secondary N) is 3. The van der Waals surface area contributed by atoms with Crippen LogP contribution in [0.1, 0.15) is 60.7 Å². The number of urea groups is 1. The summed E-state index contributed by atoms with van der Waals surface area (Å²) in [6.07, 6.45) is 2.11. The van der Waals surface area contributed by atoms with E-state index >= 15 is 0 Å². The van der Waals surface area contributed by atoms with Crippen LogP contribution in [-0.4, -0.2) is 43.0 Å². The summed E-state index contributed by atoms with van der Waals surface area (Å²) >= 11 is 0. The number of ether oxygens (including phenoxy) is 1. The number of para-hydroxylation sites is 1. The van der Waals surface area contributed by atoms with Gasteiger partial charge in [0.25, 0.3) is 0 Å². The van der Waals surface area contributed by atoms with Crippen LogP contribution in [-0.2, 0) is 27.2 Å². The van der Waals surface area contributed by atoms with Gasteiger partial charge in [-0.05, 0) is 92.1 Å². The second kappa shape index (κ2) is 14.5. The maximum atomic E-state index is 13.8. The van der Waals surface area contributed by atoms with Crippen LogP contribution in [0.25, 0.3) is 0 Å². The van der Waals surface area contributed by atoms with E-state index in [2.05, 4.69) is 16.0 Å². The molecule has 3 N–H and O–H groups in total. The highest BCUT2D eigenvalue weighted by Crippen LogP contribution is 2.29. The van der Waals surface area contributed by atoms with E-state index in [1.165, 1.54) is 0 Å². The summed E-state index contributed by atoms with van der Waals surface area (Å²) in [4.78, 5) is 53.2. The summed E-state index contributed by atoms with van der Waals surface area (Å²) in [5, 5.41) is 8.60. The predicted molar refractivity (Wildman–Crippen MR) is 168 cm³/mol. The third kappa shape index (κ3) is 8.44. The second-order valence-electron chi connectivity index (χ2n) is 11.2. The zero-order valence-electron chi connectivity index (χ0n) is 25.2. The molecule has 0 fully saturated rings. The van der Waals surface area contributed by atoms with E-state index in [0.717, 1.165) is 40.9 Å². The third-order valence-corrected chi connectivity index (χ3v) is 7.29. The molecule has 1 heterocycles. The highest BCUT2D eigenvalue weighted by Gasteiger charge is 2.31. The van der Waals surface area contributed by atoms with E-state index in [1.54, 1.807) is 54.3 Å². The third-order valence-electron chi connectivity index (χ3n) is 7.29. The average Bonchev–Trinajstić information content (AvgIpc) is 2.98. The van der Waals surface area contributed by atoms with Crippen LogP contribution in [0.15, 0.2) is 66.7 Å².